The summed E-state index contributed by atoms with van der Waals surface area (Å²) in [5.74, 6) is 0. The Balaban J connectivity index is 1.70. The van der Waals surface area contributed by atoms with E-state index in [-0.39, 0.29) is 0 Å². The second-order valence-electron chi connectivity index (χ2n) is 12.2. The van der Waals surface area contributed by atoms with Crippen LogP contribution in [0.4, 0.5) is 0 Å². The van der Waals surface area contributed by atoms with Crippen molar-refractivity contribution >= 4 is 67.5 Å². The van der Waals surface area contributed by atoms with Crippen molar-refractivity contribution in [1.82, 2.24) is 77.2 Å². The normalized spacial score (nSPS) is 11.2. The van der Waals surface area contributed by atoms with Crippen molar-refractivity contribution in [1.29, 1.82) is 0 Å². The van der Waals surface area contributed by atoms with Gasteiger partial charge in [0, 0.05) is 80.6 Å². The molecule has 0 aliphatic carbocycles. The van der Waals surface area contributed by atoms with E-state index >= 15 is 0 Å². The first-order chi connectivity index (χ1) is 26.5. The average Bonchev–Trinajstić information content (AvgIpc) is 3.21. The number of fused-ring (bicyclic) bond motifs is 12. The first kappa shape index (κ1) is 35.8. The molecule has 0 saturated heterocycles. The van der Waals surface area contributed by atoms with Gasteiger partial charge in [-0.3, -0.25) is 0 Å². The minimum absolute atomic E-state index is 0.604. The van der Waals surface area contributed by atoms with E-state index in [1.54, 1.807) is 31.6 Å². The minimum atomic E-state index is 0.604. The van der Waals surface area contributed by atoms with Gasteiger partial charge in [-0.1, -0.05) is 6.07 Å². The van der Waals surface area contributed by atoms with Gasteiger partial charge in [0.05, 0.1) is 0 Å². The SMILES string of the molecule is CCn1c2cccc(c2)n(CC)c2cc(ncn2)n(CC)c2cc(ncn2)n(CC)c2cc(ncn2)n(CC)c2cc(ncn2)n(CC)c2cc1ncn2. The Bertz CT molecular complexity index is 2140. The molecule has 7 aromatic rings. The summed E-state index contributed by atoms with van der Waals surface area (Å²) in [5.41, 5.74) is 9.10. The minimum Gasteiger partial charge on any atom is -0.326 e. The summed E-state index contributed by atoms with van der Waals surface area (Å²) < 4.78 is 12.5. The summed E-state index contributed by atoms with van der Waals surface area (Å²) in [5, 5.41) is 0. The molecule has 0 radical (unpaired) electrons. The lowest BCUT2D eigenvalue weighted by Crippen LogP contribution is -2.07. The number of hydrogen-bond donors (Lipinski definition) is 0. The molecule has 0 amide bonds. The Labute approximate surface area is 311 Å². The molecule has 16 heteroatoms. The van der Waals surface area contributed by atoms with Crippen molar-refractivity contribution in [3.8, 4) is 0 Å². The van der Waals surface area contributed by atoms with E-state index in [2.05, 4.69) is 114 Å². The summed E-state index contributed by atoms with van der Waals surface area (Å²) in [7, 11) is 0. The number of aromatic nitrogens is 16. The van der Waals surface area contributed by atoms with Crippen molar-refractivity contribution < 1.29 is 0 Å². The molecule has 276 valence electrons. The third-order valence-electron chi connectivity index (χ3n) is 9.31. The van der Waals surface area contributed by atoms with E-state index in [9.17, 15) is 0 Å². The molecular weight excluding hydrogens is 681 g/mol. The number of nitrogens with zero attached hydrogens (tertiary/aromatic N) is 16. The smallest absolute Gasteiger partial charge is 0.139 e. The maximum Gasteiger partial charge on any atom is 0.139 e. The van der Waals surface area contributed by atoms with Crippen LogP contribution in [0.2, 0.25) is 0 Å². The zero-order valence-electron chi connectivity index (χ0n) is 31.5. The molecule has 54 heavy (non-hydrogen) atoms. The van der Waals surface area contributed by atoms with Gasteiger partial charge in [0.15, 0.2) is 0 Å². The van der Waals surface area contributed by atoms with Crippen LogP contribution in [0, 0.1) is 0 Å². The predicted molar refractivity (Wildman–Crippen MR) is 211 cm³/mol. The van der Waals surface area contributed by atoms with Crippen LogP contribution in [-0.4, -0.2) is 77.2 Å². The summed E-state index contributed by atoms with van der Waals surface area (Å²) in [6.07, 6.45) is 7.93. The highest BCUT2D eigenvalue weighted by atomic mass is 15.2. The number of aryl methyl sites for hydroxylation is 6. The third kappa shape index (κ3) is 6.97. The molecule has 0 saturated carbocycles. The van der Waals surface area contributed by atoms with Gasteiger partial charge in [-0.25, -0.2) is 49.8 Å². The number of hydrogen-bond acceptors (Lipinski definition) is 10. The molecule has 0 aliphatic heterocycles. The molecule has 16 nitrogen and oxygen atoms in total. The van der Waals surface area contributed by atoms with Gasteiger partial charge in [0.25, 0.3) is 0 Å². The monoisotopic (exact) mass is 724 g/mol. The van der Waals surface area contributed by atoms with Crippen LogP contribution in [0.25, 0.3) is 67.5 Å². The maximum atomic E-state index is 4.72. The largest absolute Gasteiger partial charge is 0.326 e. The zero-order valence-corrected chi connectivity index (χ0v) is 31.5. The average molecular weight is 725 g/mol. The van der Waals surface area contributed by atoms with Crippen molar-refractivity contribution in [2.75, 3.05) is 0 Å². The summed E-state index contributed by atoms with van der Waals surface area (Å²) in [4.78, 5) is 46.9. The Morgan fingerprint density at radius 3 is 0.704 bits per heavy atom. The topological polar surface area (TPSA) is 158 Å². The second-order valence-corrected chi connectivity index (χ2v) is 12.2. The number of benzene rings is 1. The molecule has 0 spiro atoms. The van der Waals surface area contributed by atoms with Crippen LogP contribution >= 0.6 is 0 Å². The van der Waals surface area contributed by atoms with Gasteiger partial charge < -0.3 is 27.4 Å². The van der Waals surface area contributed by atoms with E-state index in [1.807, 2.05) is 39.5 Å². The van der Waals surface area contributed by atoms with Crippen molar-refractivity contribution in [3.63, 3.8) is 0 Å². The second kappa shape index (κ2) is 16.0. The molecule has 0 aliphatic rings. The first-order valence-electron chi connectivity index (χ1n) is 18.3. The van der Waals surface area contributed by atoms with Crippen LogP contribution in [0.15, 0.2) is 86.2 Å². The molecule has 0 atom stereocenters. The van der Waals surface area contributed by atoms with E-state index in [4.69, 9.17) is 19.9 Å². The van der Waals surface area contributed by atoms with Crippen molar-refractivity contribution in [2.24, 2.45) is 0 Å². The molecule has 0 unspecified atom stereocenters. The van der Waals surface area contributed by atoms with Crippen molar-refractivity contribution in [2.45, 2.75) is 80.8 Å². The molecule has 7 rings (SSSR count). The molecule has 6 aromatic heterocycles. The van der Waals surface area contributed by atoms with Crippen LogP contribution in [-0.2, 0) is 39.3 Å². The molecule has 0 fully saturated rings. The number of rotatable bonds is 6. The van der Waals surface area contributed by atoms with E-state index < -0.39 is 0 Å². The van der Waals surface area contributed by atoms with Gasteiger partial charge in [0.1, 0.15) is 88.1 Å². The Morgan fingerprint density at radius 1 is 0.296 bits per heavy atom. The fourth-order valence-electron chi connectivity index (χ4n) is 6.71. The zero-order chi connectivity index (χ0) is 37.6. The Morgan fingerprint density at radius 2 is 0.500 bits per heavy atom. The lowest BCUT2D eigenvalue weighted by molar-refractivity contribution is 0.768. The van der Waals surface area contributed by atoms with E-state index in [0.717, 1.165) is 33.6 Å². The standard InChI is InChI=1S/C38H44N16/c1-7-49-27-14-13-15-28(16-27)50(8-2)30-18-32(42-23-40-30)52(10-4)34-20-36(46-25-44-34)54(12-6)38-21-37(47-26-48-38)53(11-5)35-19-33(43-24-45-35)51(9-3)31-17-29(49)39-22-41-31/h13-26H,7-12H2,1-6H3. The highest BCUT2D eigenvalue weighted by Gasteiger charge is 2.07. The molecule has 0 N–H and O–H groups in total. The fraction of sp³-hybridized carbons (Fsp3) is 0.316. The highest BCUT2D eigenvalue weighted by Crippen LogP contribution is 2.16. The summed E-state index contributed by atoms with van der Waals surface area (Å²) in [6.45, 7) is 16.3. The van der Waals surface area contributed by atoms with E-state index in [1.165, 1.54) is 0 Å². The van der Waals surface area contributed by atoms with Crippen LogP contribution in [0.3, 0.4) is 0 Å². The molecule has 6 heterocycles. The third-order valence-corrected chi connectivity index (χ3v) is 9.31. The quantitative estimate of drug-likeness (QED) is 0.184. The van der Waals surface area contributed by atoms with Gasteiger partial charge in [-0.15, -0.1) is 0 Å². The Kier molecular flexibility index (Phi) is 10.6. The lowest BCUT2D eigenvalue weighted by Gasteiger charge is -2.12. The van der Waals surface area contributed by atoms with Crippen LogP contribution in [0.1, 0.15) is 41.5 Å². The van der Waals surface area contributed by atoms with Gasteiger partial charge >= 0.3 is 0 Å². The van der Waals surface area contributed by atoms with Gasteiger partial charge in [-0.2, -0.15) is 0 Å². The summed E-state index contributed by atoms with van der Waals surface area (Å²) in [6, 6.07) is 18.3. The Hall–Kier alpha value is -6.58. The fourth-order valence-corrected chi connectivity index (χ4v) is 6.71. The van der Waals surface area contributed by atoms with Gasteiger partial charge in [-0.05, 0) is 59.7 Å². The first-order valence-corrected chi connectivity index (χ1v) is 18.3. The molecular formula is C38H44N16. The maximum absolute atomic E-state index is 4.72. The molecule has 12 bridgehead atoms. The predicted octanol–water partition coefficient (Wildman–Crippen LogP) is 6.54. The van der Waals surface area contributed by atoms with Crippen LogP contribution < -0.4 is 0 Å². The summed E-state index contributed by atoms with van der Waals surface area (Å²) >= 11 is 0. The van der Waals surface area contributed by atoms with Gasteiger partial charge in [0.2, 0.25) is 0 Å². The molecule has 1 aromatic carbocycles. The van der Waals surface area contributed by atoms with E-state index in [0.29, 0.717) is 73.2 Å². The van der Waals surface area contributed by atoms with Crippen LogP contribution in [0.5, 0.6) is 0 Å². The lowest BCUT2D eigenvalue weighted by atomic mass is 10.3. The highest BCUT2D eigenvalue weighted by molar-refractivity contribution is 5.68. The van der Waals surface area contributed by atoms with Crippen molar-refractivity contribution in [3.05, 3.63) is 86.2 Å².